The van der Waals surface area contributed by atoms with E-state index in [1.165, 1.54) is 31.4 Å². The molecule has 1 aromatic heterocycles. The number of benzene rings is 2. The normalized spacial score (nSPS) is 10.9. The van der Waals surface area contributed by atoms with Gasteiger partial charge in [-0.15, -0.1) is 0 Å². The van der Waals surface area contributed by atoms with E-state index < -0.39 is 21.8 Å². The predicted octanol–water partition coefficient (Wildman–Crippen LogP) is 2.66. The molecule has 0 unspecified atom stereocenters. The summed E-state index contributed by atoms with van der Waals surface area (Å²) in [5.74, 6) is -0.526. The van der Waals surface area contributed by atoms with Crippen molar-refractivity contribution in [3.05, 3.63) is 76.5 Å². The molecule has 0 bridgehead atoms. The van der Waals surface area contributed by atoms with Gasteiger partial charge < -0.3 is 9.72 Å². The van der Waals surface area contributed by atoms with E-state index in [-0.39, 0.29) is 16.2 Å². The number of hydrogen-bond acceptors (Lipinski definition) is 5. The summed E-state index contributed by atoms with van der Waals surface area (Å²) in [6.45, 7) is 0. The molecule has 0 aliphatic carbocycles. The van der Waals surface area contributed by atoms with E-state index in [4.69, 9.17) is 4.74 Å². The molecule has 2 amide bonds. The summed E-state index contributed by atoms with van der Waals surface area (Å²) in [6, 6.07) is 13.2. The lowest BCUT2D eigenvalue weighted by molar-refractivity contribution is 0.0844. The van der Waals surface area contributed by atoms with Gasteiger partial charge in [-0.05, 0) is 70.5 Å². The van der Waals surface area contributed by atoms with Crippen LogP contribution < -0.4 is 20.3 Å². The maximum atomic E-state index is 12.5. The van der Waals surface area contributed by atoms with Gasteiger partial charge in [-0.3, -0.25) is 25.2 Å². The number of H-pyrrole nitrogens is 1. The fraction of sp³-hybridized carbons (Fsp3) is 0.0526. The molecular formula is C19H17BrN4O5S. The Morgan fingerprint density at radius 3 is 2.17 bits per heavy atom. The fourth-order valence-electron chi connectivity index (χ4n) is 2.41. The number of aromatic nitrogens is 1. The van der Waals surface area contributed by atoms with Crippen molar-refractivity contribution in [3.63, 3.8) is 0 Å². The summed E-state index contributed by atoms with van der Waals surface area (Å²) in [7, 11) is -2.32. The standard InChI is InChI=1S/C19H17BrN4O5S/c1-29-15-6-4-14(5-7-15)24-30(27,28)16-8-2-12(3-9-16)18(25)22-23-19(26)17-10-13(20)11-21-17/h2-11,21,24H,1H3,(H,22,25)(H,23,26). The zero-order valence-electron chi connectivity index (χ0n) is 15.6. The first-order valence-electron chi connectivity index (χ1n) is 8.50. The highest BCUT2D eigenvalue weighted by Crippen LogP contribution is 2.19. The van der Waals surface area contributed by atoms with Gasteiger partial charge in [0.2, 0.25) is 0 Å². The molecule has 1 heterocycles. The van der Waals surface area contributed by atoms with Crippen molar-refractivity contribution >= 4 is 43.5 Å². The van der Waals surface area contributed by atoms with E-state index in [1.54, 1.807) is 36.5 Å². The molecule has 0 atom stereocenters. The van der Waals surface area contributed by atoms with Gasteiger partial charge in [-0.1, -0.05) is 0 Å². The van der Waals surface area contributed by atoms with Crippen molar-refractivity contribution in [1.29, 1.82) is 0 Å². The van der Waals surface area contributed by atoms with E-state index in [9.17, 15) is 18.0 Å². The molecule has 0 aliphatic heterocycles. The number of ether oxygens (including phenoxy) is 1. The Hall–Kier alpha value is -3.31. The number of nitrogens with one attached hydrogen (secondary N) is 4. The van der Waals surface area contributed by atoms with Crippen molar-refractivity contribution in [1.82, 2.24) is 15.8 Å². The van der Waals surface area contributed by atoms with E-state index >= 15 is 0 Å². The van der Waals surface area contributed by atoms with Crippen LogP contribution in [0.3, 0.4) is 0 Å². The topological polar surface area (TPSA) is 129 Å². The number of aromatic amines is 1. The number of amides is 2. The number of anilines is 1. The number of hydrazine groups is 1. The van der Waals surface area contributed by atoms with Crippen LogP contribution in [0.4, 0.5) is 5.69 Å². The maximum absolute atomic E-state index is 12.5. The number of rotatable bonds is 6. The van der Waals surface area contributed by atoms with Crippen LogP contribution in [0.15, 0.2) is 70.2 Å². The van der Waals surface area contributed by atoms with Crippen LogP contribution in [0.1, 0.15) is 20.8 Å². The lowest BCUT2D eigenvalue weighted by Gasteiger charge is -2.10. The van der Waals surface area contributed by atoms with Gasteiger partial charge in [0.15, 0.2) is 0 Å². The summed E-state index contributed by atoms with van der Waals surface area (Å²) in [6.07, 6.45) is 1.58. The van der Waals surface area contributed by atoms with Crippen molar-refractivity contribution < 1.29 is 22.7 Å². The van der Waals surface area contributed by atoms with Gasteiger partial charge in [0.05, 0.1) is 12.0 Å². The van der Waals surface area contributed by atoms with Crippen LogP contribution in [0.5, 0.6) is 5.75 Å². The number of sulfonamides is 1. The number of carbonyl (C=O) groups excluding carboxylic acids is 2. The third-order valence-electron chi connectivity index (χ3n) is 3.95. The van der Waals surface area contributed by atoms with Gasteiger partial charge in [0.25, 0.3) is 21.8 Å². The third kappa shape index (κ3) is 5.19. The maximum Gasteiger partial charge on any atom is 0.286 e. The first kappa shape index (κ1) is 21.4. The van der Waals surface area contributed by atoms with Crippen LogP contribution in [0.2, 0.25) is 0 Å². The summed E-state index contributed by atoms with van der Waals surface area (Å²) in [4.78, 5) is 26.8. The lowest BCUT2D eigenvalue weighted by atomic mass is 10.2. The minimum atomic E-state index is -3.84. The zero-order chi connectivity index (χ0) is 21.7. The summed E-state index contributed by atoms with van der Waals surface area (Å²) in [5.41, 5.74) is 5.33. The van der Waals surface area contributed by atoms with Crippen LogP contribution in [0, 0.1) is 0 Å². The minimum Gasteiger partial charge on any atom is -0.497 e. The highest BCUT2D eigenvalue weighted by atomic mass is 79.9. The van der Waals surface area contributed by atoms with Crippen molar-refractivity contribution in [2.75, 3.05) is 11.8 Å². The molecule has 0 fully saturated rings. The largest absolute Gasteiger partial charge is 0.497 e. The average molecular weight is 493 g/mol. The average Bonchev–Trinajstić information content (AvgIpc) is 3.18. The Labute approximate surface area is 181 Å². The van der Waals surface area contributed by atoms with Gasteiger partial charge >= 0.3 is 0 Å². The highest BCUT2D eigenvalue weighted by molar-refractivity contribution is 9.10. The molecule has 4 N–H and O–H groups in total. The van der Waals surface area contributed by atoms with E-state index in [2.05, 4.69) is 36.5 Å². The fourth-order valence-corrected chi connectivity index (χ4v) is 3.81. The van der Waals surface area contributed by atoms with Gasteiger partial charge in [0, 0.05) is 21.9 Å². The van der Waals surface area contributed by atoms with Crippen LogP contribution in [0.25, 0.3) is 0 Å². The van der Waals surface area contributed by atoms with Gasteiger partial charge in [0.1, 0.15) is 11.4 Å². The first-order valence-corrected chi connectivity index (χ1v) is 10.8. The Bertz CT molecular complexity index is 1160. The van der Waals surface area contributed by atoms with Crippen LogP contribution in [-0.2, 0) is 10.0 Å². The molecule has 30 heavy (non-hydrogen) atoms. The number of carbonyl (C=O) groups is 2. The molecule has 3 rings (SSSR count). The van der Waals surface area contributed by atoms with E-state index in [0.29, 0.717) is 15.9 Å². The lowest BCUT2D eigenvalue weighted by Crippen LogP contribution is -2.41. The van der Waals surface area contributed by atoms with E-state index in [1.807, 2.05) is 0 Å². The molecule has 0 aliphatic rings. The summed E-state index contributed by atoms with van der Waals surface area (Å²) >= 11 is 3.21. The second-order valence-corrected chi connectivity index (χ2v) is 8.60. The molecule has 0 saturated heterocycles. The van der Waals surface area contributed by atoms with Crippen LogP contribution in [-0.4, -0.2) is 32.3 Å². The molecule has 0 radical (unpaired) electrons. The summed E-state index contributed by atoms with van der Waals surface area (Å²) in [5, 5.41) is 0. The molecule has 9 nitrogen and oxygen atoms in total. The predicted molar refractivity (Wildman–Crippen MR) is 114 cm³/mol. The van der Waals surface area contributed by atoms with Gasteiger partial charge in [-0.25, -0.2) is 8.42 Å². The quantitative estimate of drug-likeness (QED) is 0.393. The molecular weight excluding hydrogens is 476 g/mol. The van der Waals surface area contributed by atoms with Gasteiger partial charge in [-0.2, -0.15) is 0 Å². The molecule has 2 aromatic carbocycles. The number of hydrogen-bond donors (Lipinski definition) is 4. The Morgan fingerprint density at radius 1 is 0.967 bits per heavy atom. The summed E-state index contributed by atoms with van der Waals surface area (Å²) < 4.78 is 33.2. The zero-order valence-corrected chi connectivity index (χ0v) is 18.0. The third-order valence-corrected chi connectivity index (χ3v) is 5.81. The monoisotopic (exact) mass is 492 g/mol. The SMILES string of the molecule is COc1ccc(NS(=O)(=O)c2ccc(C(=O)NNC(=O)c3cc(Br)c[nH]3)cc2)cc1. The van der Waals surface area contributed by atoms with Crippen molar-refractivity contribution in [2.24, 2.45) is 0 Å². The van der Waals surface area contributed by atoms with Crippen molar-refractivity contribution in [3.8, 4) is 5.75 Å². The first-order chi connectivity index (χ1) is 14.3. The second kappa shape index (κ2) is 9.01. The minimum absolute atomic E-state index is 0.0184. The Morgan fingerprint density at radius 2 is 1.60 bits per heavy atom. The van der Waals surface area contributed by atoms with Crippen molar-refractivity contribution in [2.45, 2.75) is 4.90 Å². The molecule has 3 aromatic rings. The Balaban J connectivity index is 1.62. The molecule has 156 valence electrons. The highest BCUT2D eigenvalue weighted by Gasteiger charge is 2.16. The smallest absolute Gasteiger partial charge is 0.286 e. The van der Waals surface area contributed by atoms with Crippen LogP contribution >= 0.6 is 15.9 Å². The number of halogens is 1. The van der Waals surface area contributed by atoms with E-state index in [0.717, 1.165) is 0 Å². The second-order valence-electron chi connectivity index (χ2n) is 6.00. The Kier molecular flexibility index (Phi) is 6.43. The molecule has 0 saturated carbocycles. The number of methoxy groups -OCH3 is 1. The molecule has 0 spiro atoms. The molecule has 11 heteroatoms.